The summed E-state index contributed by atoms with van der Waals surface area (Å²) >= 11 is 0. The van der Waals surface area contributed by atoms with E-state index >= 15 is 0 Å². The van der Waals surface area contributed by atoms with E-state index in [1.807, 2.05) is 6.92 Å². The van der Waals surface area contributed by atoms with E-state index in [1.165, 1.54) is 6.42 Å². The molecule has 1 saturated carbocycles. The number of hydrogen-bond acceptors (Lipinski definition) is 2. The lowest BCUT2D eigenvalue weighted by Crippen LogP contribution is -2.34. The molecule has 0 spiro atoms. The molecule has 82 valence electrons. The van der Waals surface area contributed by atoms with Gasteiger partial charge in [0.25, 0.3) is 0 Å². The molecule has 0 heterocycles. The Hall–Kier alpha value is -0.370. The molecule has 1 rings (SSSR count). The van der Waals surface area contributed by atoms with Gasteiger partial charge in [-0.1, -0.05) is 20.8 Å². The van der Waals surface area contributed by atoms with Crippen molar-refractivity contribution in [3.8, 4) is 0 Å². The van der Waals surface area contributed by atoms with Crippen molar-refractivity contribution in [3.63, 3.8) is 0 Å². The molecular formula is C12H22O2. The summed E-state index contributed by atoms with van der Waals surface area (Å²) < 4.78 is 5.68. The quantitative estimate of drug-likeness (QED) is 0.652. The molecule has 0 amide bonds. The van der Waals surface area contributed by atoms with Gasteiger partial charge in [-0.05, 0) is 37.5 Å². The molecule has 0 saturated heterocycles. The molecule has 0 aromatic rings. The summed E-state index contributed by atoms with van der Waals surface area (Å²) in [5, 5.41) is 0. The van der Waals surface area contributed by atoms with Crippen LogP contribution < -0.4 is 0 Å². The highest BCUT2D eigenvalue weighted by molar-refractivity contribution is 5.55. The molecule has 0 bridgehead atoms. The van der Waals surface area contributed by atoms with Crippen LogP contribution in [0.15, 0.2) is 0 Å². The maximum Gasteiger partial charge on any atom is 0.148 e. The van der Waals surface area contributed by atoms with Gasteiger partial charge >= 0.3 is 0 Å². The Bertz CT molecular complexity index is 198. The summed E-state index contributed by atoms with van der Waals surface area (Å²) in [6, 6.07) is 0. The largest absolute Gasteiger partial charge is 0.368 e. The Kier molecular flexibility index (Phi) is 3.71. The van der Waals surface area contributed by atoms with E-state index in [0.29, 0.717) is 11.3 Å². The second kappa shape index (κ2) is 4.43. The first-order valence-electron chi connectivity index (χ1n) is 5.54. The first kappa shape index (κ1) is 11.7. The monoisotopic (exact) mass is 198 g/mol. The van der Waals surface area contributed by atoms with E-state index < -0.39 is 0 Å². The van der Waals surface area contributed by atoms with Crippen LogP contribution in [-0.2, 0) is 9.53 Å². The molecular weight excluding hydrogens is 176 g/mol. The summed E-state index contributed by atoms with van der Waals surface area (Å²) in [6.45, 7) is 8.65. The van der Waals surface area contributed by atoms with E-state index in [4.69, 9.17) is 4.74 Å². The van der Waals surface area contributed by atoms with Crippen LogP contribution in [-0.4, -0.2) is 18.5 Å². The van der Waals surface area contributed by atoms with Gasteiger partial charge in [0.2, 0.25) is 0 Å². The fourth-order valence-electron chi connectivity index (χ4n) is 2.70. The van der Waals surface area contributed by atoms with Crippen molar-refractivity contribution in [1.29, 1.82) is 0 Å². The minimum absolute atomic E-state index is 0.249. The van der Waals surface area contributed by atoms with Crippen molar-refractivity contribution in [2.24, 2.45) is 11.3 Å². The summed E-state index contributed by atoms with van der Waals surface area (Å²) in [4.78, 5) is 10.5. The van der Waals surface area contributed by atoms with Crippen LogP contribution in [0.2, 0.25) is 0 Å². The second-order valence-electron chi connectivity index (χ2n) is 5.51. The lowest BCUT2D eigenvalue weighted by atomic mass is 9.71. The summed E-state index contributed by atoms with van der Waals surface area (Å²) in [6.07, 6.45) is 4.35. The predicted molar refractivity (Wildman–Crippen MR) is 57.2 cm³/mol. The van der Waals surface area contributed by atoms with Gasteiger partial charge in [0.1, 0.15) is 12.4 Å². The normalized spacial score (nSPS) is 33.7. The van der Waals surface area contributed by atoms with E-state index in [9.17, 15) is 4.79 Å². The molecule has 0 aromatic carbocycles. The van der Waals surface area contributed by atoms with Crippen molar-refractivity contribution in [3.05, 3.63) is 0 Å². The number of carbonyl (C=O) groups is 1. The smallest absolute Gasteiger partial charge is 0.148 e. The Morgan fingerprint density at radius 1 is 1.43 bits per heavy atom. The summed E-state index contributed by atoms with van der Waals surface area (Å²) in [5.41, 5.74) is 0.366. The van der Waals surface area contributed by atoms with Gasteiger partial charge in [0, 0.05) is 0 Å². The highest BCUT2D eigenvalue weighted by Crippen LogP contribution is 2.39. The molecule has 14 heavy (non-hydrogen) atoms. The standard InChI is InChI=1S/C12H22O2/c1-9-5-11(14-10(2)8-13)7-12(3,4)6-9/h8-11H,5-7H2,1-4H3. The highest BCUT2D eigenvalue weighted by Gasteiger charge is 2.33. The Balaban J connectivity index is 2.49. The lowest BCUT2D eigenvalue weighted by molar-refractivity contribution is -0.124. The average molecular weight is 198 g/mol. The second-order valence-corrected chi connectivity index (χ2v) is 5.51. The number of carbonyl (C=O) groups excluding carboxylic acids is 1. The average Bonchev–Trinajstić information content (AvgIpc) is 1.99. The van der Waals surface area contributed by atoms with E-state index in [0.717, 1.165) is 19.1 Å². The molecule has 0 aromatic heterocycles. The van der Waals surface area contributed by atoms with Gasteiger partial charge in [-0.25, -0.2) is 0 Å². The zero-order chi connectivity index (χ0) is 10.8. The predicted octanol–water partition coefficient (Wildman–Crippen LogP) is 2.81. The van der Waals surface area contributed by atoms with Crippen molar-refractivity contribution < 1.29 is 9.53 Å². The third kappa shape index (κ3) is 3.41. The maximum atomic E-state index is 10.5. The molecule has 2 heteroatoms. The van der Waals surface area contributed by atoms with Crippen LogP contribution in [0.25, 0.3) is 0 Å². The van der Waals surface area contributed by atoms with Crippen LogP contribution in [0, 0.1) is 11.3 Å². The van der Waals surface area contributed by atoms with Crippen molar-refractivity contribution in [1.82, 2.24) is 0 Å². The van der Waals surface area contributed by atoms with E-state index in [2.05, 4.69) is 20.8 Å². The molecule has 2 nitrogen and oxygen atoms in total. The van der Waals surface area contributed by atoms with Crippen LogP contribution in [0.3, 0.4) is 0 Å². The van der Waals surface area contributed by atoms with Crippen molar-refractivity contribution in [2.45, 2.75) is 59.2 Å². The van der Waals surface area contributed by atoms with Crippen LogP contribution in [0.1, 0.15) is 47.0 Å². The van der Waals surface area contributed by atoms with Crippen molar-refractivity contribution >= 4 is 6.29 Å². The molecule has 0 N–H and O–H groups in total. The van der Waals surface area contributed by atoms with Crippen molar-refractivity contribution in [2.75, 3.05) is 0 Å². The van der Waals surface area contributed by atoms with Gasteiger partial charge < -0.3 is 9.53 Å². The summed E-state index contributed by atoms with van der Waals surface area (Å²) in [7, 11) is 0. The molecule has 1 aliphatic rings. The number of hydrogen-bond donors (Lipinski definition) is 0. The first-order chi connectivity index (χ1) is 6.43. The minimum atomic E-state index is -0.249. The third-order valence-corrected chi connectivity index (χ3v) is 2.95. The zero-order valence-corrected chi connectivity index (χ0v) is 9.75. The molecule has 3 unspecified atom stereocenters. The fourth-order valence-corrected chi connectivity index (χ4v) is 2.70. The molecule has 1 aliphatic carbocycles. The number of aldehydes is 1. The number of rotatable bonds is 3. The van der Waals surface area contributed by atoms with Gasteiger partial charge in [0.05, 0.1) is 6.10 Å². The highest BCUT2D eigenvalue weighted by atomic mass is 16.5. The Morgan fingerprint density at radius 2 is 2.07 bits per heavy atom. The van der Waals surface area contributed by atoms with E-state index in [-0.39, 0.29) is 12.2 Å². The Labute approximate surface area is 87.0 Å². The zero-order valence-electron chi connectivity index (χ0n) is 9.75. The van der Waals surface area contributed by atoms with Crippen LogP contribution in [0.5, 0.6) is 0 Å². The summed E-state index contributed by atoms with van der Waals surface area (Å²) in [5.74, 6) is 0.711. The SMILES string of the molecule is CC1CC(OC(C)C=O)CC(C)(C)C1. The van der Waals surface area contributed by atoms with Gasteiger partial charge in [0.15, 0.2) is 0 Å². The lowest BCUT2D eigenvalue weighted by Gasteiger charge is -2.39. The van der Waals surface area contributed by atoms with Gasteiger partial charge in [-0.2, -0.15) is 0 Å². The van der Waals surface area contributed by atoms with Crippen LogP contribution in [0.4, 0.5) is 0 Å². The minimum Gasteiger partial charge on any atom is -0.368 e. The van der Waals surface area contributed by atoms with E-state index in [1.54, 1.807) is 0 Å². The molecule has 3 atom stereocenters. The van der Waals surface area contributed by atoms with Gasteiger partial charge in [-0.15, -0.1) is 0 Å². The first-order valence-corrected chi connectivity index (χ1v) is 5.54. The maximum absolute atomic E-state index is 10.5. The third-order valence-electron chi connectivity index (χ3n) is 2.95. The fraction of sp³-hybridized carbons (Fsp3) is 0.917. The molecule has 1 fully saturated rings. The topological polar surface area (TPSA) is 26.3 Å². The Morgan fingerprint density at radius 3 is 2.57 bits per heavy atom. The molecule has 0 aliphatic heterocycles. The number of ether oxygens (including phenoxy) is 1. The van der Waals surface area contributed by atoms with Gasteiger partial charge in [-0.3, -0.25) is 0 Å². The van der Waals surface area contributed by atoms with Crippen LogP contribution >= 0.6 is 0 Å². The molecule has 0 radical (unpaired) electrons.